The molecule has 0 fully saturated rings. The quantitative estimate of drug-likeness (QED) is 0.151. The van der Waals surface area contributed by atoms with Crippen molar-refractivity contribution in [3.8, 4) is 5.69 Å². The van der Waals surface area contributed by atoms with Gasteiger partial charge in [-0.3, -0.25) is 0 Å². The van der Waals surface area contributed by atoms with Crippen LogP contribution in [0.5, 0.6) is 0 Å². The number of anilines is 2. The van der Waals surface area contributed by atoms with E-state index < -0.39 is 0 Å². The zero-order chi connectivity index (χ0) is 31.1. The average molecular weight is 613 g/mol. The second-order valence-electron chi connectivity index (χ2n) is 12.6. The highest BCUT2D eigenvalue weighted by molar-refractivity contribution is 7.80. The maximum Gasteiger partial charge on any atom is 0.235 e. The van der Waals surface area contributed by atoms with Gasteiger partial charge >= 0.3 is 0 Å². The van der Waals surface area contributed by atoms with E-state index in [4.69, 9.17) is 12.6 Å². The standard InChI is InChI=1S/C42H33N3S/c1-26-23-39(44-27(2)29-14-7-9-17-35(29)43(3)37-19-11-12-20-38(37)44)42(46)40(24-26)45-36-18-10-8-16-32(36)33-22-21-31-30-15-6-4-5-13-28(30)25-34(31)41(33)45/h5-24H,4,25H2,1-3H3/p+1. The van der Waals surface area contributed by atoms with Gasteiger partial charge in [0.05, 0.1) is 28.0 Å². The highest BCUT2D eigenvalue weighted by atomic mass is 32.1. The van der Waals surface area contributed by atoms with Gasteiger partial charge in [-0.25, -0.2) is 0 Å². The van der Waals surface area contributed by atoms with Crippen molar-refractivity contribution >= 4 is 68.5 Å². The van der Waals surface area contributed by atoms with Gasteiger partial charge < -0.3 is 9.47 Å². The Kier molecular flexibility index (Phi) is 6.06. The zero-order valence-corrected chi connectivity index (χ0v) is 27.1. The molecule has 222 valence electrons. The van der Waals surface area contributed by atoms with E-state index in [1.807, 2.05) is 0 Å². The van der Waals surface area contributed by atoms with Crippen LogP contribution in [0.25, 0.3) is 33.1 Å². The Balaban J connectivity index is 1.37. The van der Waals surface area contributed by atoms with Gasteiger partial charge in [-0.05, 0) is 71.5 Å². The largest absolute Gasteiger partial charge is 0.339 e. The summed E-state index contributed by atoms with van der Waals surface area (Å²) in [4.78, 5) is 3.26. The molecule has 1 aliphatic heterocycles. The third kappa shape index (κ3) is 3.83. The minimum atomic E-state index is 0.926. The summed E-state index contributed by atoms with van der Waals surface area (Å²) in [7, 11) is 2.16. The summed E-state index contributed by atoms with van der Waals surface area (Å²) in [5.41, 5.74) is 17.2. The van der Waals surface area contributed by atoms with E-state index in [1.54, 1.807) is 0 Å². The van der Waals surface area contributed by atoms with Crippen LogP contribution in [-0.2, 0) is 6.42 Å². The number of aromatic nitrogens is 1. The second kappa shape index (κ2) is 10.2. The summed E-state index contributed by atoms with van der Waals surface area (Å²) < 4.78 is 4.90. The predicted octanol–water partition coefficient (Wildman–Crippen LogP) is 10.6. The molecule has 6 aromatic rings. The van der Waals surface area contributed by atoms with Crippen LogP contribution in [0.1, 0.15) is 35.6 Å². The number of hydrogen-bond donors (Lipinski definition) is 1. The maximum absolute atomic E-state index is 5.45. The summed E-state index contributed by atoms with van der Waals surface area (Å²) in [5, 5.41) is 2.55. The Morgan fingerprint density at radius 1 is 0.696 bits per heavy atom. The van der Waals surface area contributed by atoms with Crippen LogP contribution in [-0.4, -0.2) is 17.3 Å². The first-order chi connectivity index (χ1) is 22.5. The summed E-state index contributed by atoms with van der Waals surface area (Å²) in [6.45, 7) is 4.44. The molecule has 0 unspecified atom stereocenters. The lowest BCUT2D eigenvalue weighted by atomic mass is 10.0. The Morgan fingerprint density at radius 2 is 1.46 bits per heavy atom. The van der Waals surface area contributed by atoms with Gasteiger partial charge in [-0.15, -0.1) is 12.6 Å². The molecule has 46 heavy (non-hydrogen) atoms. The number of para-hydroxylation sites is 4. The lowest BCUT2D eigenvalue weighted by molar-refractivity contribution is 1.01. The number of fused-ring (bicyclic) bond motifs is 8. The monoisotopic (exact) mass is 612 g/mol. The van der Waals surface area contributed by atoms with Crippen molar-refractivity contribution in [2.24, 2.45) is 0 Å². The number of nitrogens with zero attached hydrogens (tertiary/aromatic N) is 3. The minimum absolute atomic E-state index is 0.926. The van der Waals surface area contributed by atoms with Gasteiger partial charge in [0.15, 0.2) is 5.71 Å². The molecular formula is C42H34N3S+. The number of hydrogen-bond acceptors (Lipinski definition) is 2. The topological polar surface area (TPSA) is 11.2 Å². The molecule has 1 aromatic heterocycles. The lowest BCUT2D eigenvalue weighted by Gasteiger charge is -2.19. The Labute approximate surface area is 275 Å². The van der Waals surface area contributed by atoms with Crippen LogP contribution in [0.2, 0.25) is 0 Å². The van der Waals surface area contributed by atoms with E-state index in [2.05, 4.69) is 156 Å². The fourth-order valence-corrected chi connectivity index (χ4v) is 8.25. The molecule has 2 heterocycles. The van der Waals surface area contributed by atoms with Gasteiger partial charge in [-0.2, -0.15) is 4.58 Å². The van der Waals surface area contributed by atoms with E-state index in [0.717, 1.165) is 40.5 Å². The highest BCUT2D eigenvalue weighted by Crippen LogP contribution is 2.47. The SMILES string of the molecule is CC1=[N+](c2cc(C)cc(-n3c4ccccc4c4ccc5c(c43)CC3=C5C=CCC=C3)c2S)c2ccccc2N(C)c2ccccc21. The first-order valence-corrected chi connectivity index (χ1v) is 16.5. The third-order valence-electron chi connectivity index (χ3n) is 9.99. The van der Waals surface area contributed by atoms with Crippen LogP contribution < -0.4 is 9.48 Å². The van der Waals surface area contributed by atoms with Crippen molar-refractivity contribution in [2.45, 2.75) is 31.6 Å². The van der Waals surface area contributed by atoms with Crippen LogP contribution in [0, 0.1) is 6.92 Å². The molecule has 0 spiro atoms. The lowest BCUT2D eigenvalue weighted by Crippen LogP contribution is -2.16. The van der Waals surface area contributed by atoms with Gasteiger partial charge in [0.2, 0.25) is 11.4 Å². The van der Waals surface area contributed by atoms with Crippen molar-refractivity contribution < 1.29 is 0 Å². The highest BCUT2D eigenvalue weighted by Gasteiger charge is 2.33. The molecule has 3 nitrogen and oxygen atoms in total. The number of thiol groups is 1. The molecule has 0 amide bonds. The number of benzene rings is 5. The first-order valence-electron chi connectivity index (χ1n) is 16.0. The van der Waals surface area contributed by atoms with Crippen LogP contribution in [0.4, 0.5) is 22.7 Å². The number of allylic oxidation sites excluding steroid dienone is 6. The third-order valence-corrected chi connectivity index (χ3v) is 10.4. The molecule has 0 N–H and O–H groups in total. The van der Waals surface area contributed by atoms with Gasteiger partial charge in [-0.1, -0.05) is 78.9 Å². The Morgan fingerprint density at radius 3 is 2.35 bits per heavy atom. The number of rotatable bonds is 2. The fourth-order valence-electron chi connectivity index (χ4n) is 7.92. The summed E-state index contributed by atoms with van der Waals surface area (Å²) in [5.74, 6) is 0. The van der Waals surface area contributed by atoms with E-state index in [0.29, 0.717) is 0 Å². The molecule has 2 aliphatic carbocycles. The Bertz CT molecular complexity index is 2420. The predicted molar refractivity (Wildman–Crippen MR) is 198 cm³/mol. The molecule has 0 bridgehead atoms. The van der Waals surface area contributed by atoms with Crippen molar-refractivity contribution in [3.05, 3.63) is 149 Å². The molecule has 5 aromatic carbocycles. The van der Waals surface area contributed by atoms with Crippen LogP contribution in [0.15, 0.2) is 132 Å². The van der Waals surface area contributed by atoms with Crippen LogP contribution in [0.3, 0.4) is 0 Å². The first kappa shape index (κ1) is 27.3. The maximum atomic E-state index is 5.45. The summed E-state index contributed by atoms with van der Waals surface area (Å²) in [6.07, 6.45) is 11.1. The minimum Gasteiger partial charge on any atom is -0.339 e. The van der Waals surface area contributed by atoms with E-state index in [-0.39, 0.29) is 0 Å². The number of aryl methyl sites for hydroxylation is 1. The molecule has 0 saturated heterocycles. The van der Waals surface area contributed by atoms with Gasteiger partial charge in [0, 0.05) is 43.3 Å². The average Bonchev–Trinajstić information content (AvgIpc) is 3.47. The molecule has 9 rings (SSSR count). The second-order valence-corrected chi connectivity index (χ2v) is 13.1. The molecule has 0 saturated carbocycles. The van der Waals surface area contributed by atoms with Crippen LogP contribution >= 0.6 is 12.6 Å². The summed E-state index contributed by atoms with van der Waals surface area (Å²) >= 11 is 5.45. The molecule has 3 aliphatic rings. The van der Waals surface area contributed by atoms with E-state index in [1.165, 1.54) is 66.6 Å². The zero-order valence-electron chi connectivity index (χ0n) is 26.3. The molecular weight excluding hydrogens is 579 g/mol. The van der Waals surface area contributed by atoms with E-state index in [9.17, 15) is 0 Å². The van der Waals surface area contributed by atoms with Crippen molar-refractivity contribution in [2.75, 3.05) is 11.9 Å². The van der Waals surface area contributed by atoms with Gasteiger partial charge in [0.25, 0.3) is 0 Å². The van der Waals surface area contributed by atoms with Crippen molar-refractivity contribution in [1.29, 1.82) is 0 Å². The molecule has 4 heteroatoms. The smallest absolute Gasteiger partial charge is 0.235 e. The molecule has 0 atom stereocenters. The van der Waals surface area contributed by atoms with Crippen molar-refractivity contribution in [1.82, 2.24) is 9.14 Å². The van der Waals surface area contributed by atoms with Gasteiger partial charge in [0.1, 0.15) is 10.6 Å². The van der Waals surface area contributed by atoms with E-state index >= 15 is 0 Å². The molecule has 0 radical (unpaired) electrons. The fraction of sp³-hybridized carbons (Fsp3) is 0.119. The van der Waals surface area contributed by atoms with Crippen molar-refractivity contribution in [3.63, 3.8) is 0 Å². The normalized spacial score (nSPS) is 15.3. The Hall–Kier alpha value is -5.06. The summed E-state index contributed by atoms with van der Waals surface area (Å²) in [6, 6.07) is 35.5.